The van der Waals surface area contributed by atoms with E-state index in [1.165, 1.54) is 31.4 Å². The molecule has 1 N–H and O–H groups in total. The lowest BCUT2D eigenvalue weighted by Gasteiger charge is -2.34. The van der Waals surface area contributed by atoms with Crippen molar-refractivity contribution in [1.29, 1.82) is 0 Å². The summed E-state index contributed by atoms with van der Waals surface area (Å²) < 4.78 is 46.3. The molecule has 3 aromatic carbocycles. The number of hydrogen-bond acceptors (Lipinski definition) is 5. The Bertz CT molecular complexity index is 1240. The smallest absolute Gasteiger partial charge is 0.261 e. The van der Waals surface area contributed by atoms with Gasteiger partial charge in [0.1, 0.15) is 11.6 Å². The highest BCUT2D eigenvalue weighted by atomic mass is 32.2. The van der Waals surface area contributed by atoms with Gasteiger partial charge < -0.3 is 9.64 Å². The van der Waals surface area contributed by atoms with Crippen LogP contribution >= 0.6 is 0 Å². The van der Waals surface area contributed by atoms with Crippen molar-refractivity contribution in [3.05, 3.63) is 89.7 Å². The Balaban J connectivity index is 1.30. The van der Waals surface area contributed by atoms with Crippen LogP contribution in [0.5, 0.6) is 5.75 Å². The van der Waals surface area contributed by atoms with E-state index in [1.54, 1.807) is 41.3 Å². The third-order valence-corrected chi connectivity index (χ3v) is 7.11. The Kier molecular flexibility index (Phi) is 7.14. The number of methoxy groups -OCH3 is 1. The minimum atomic E-state index is -3.70. The van der Waals surface area contributed by atoms with E-state index in [0.29, 0.717) is 49.7 Å². The highest BCUT2D eigenvalue weighted by molar-refractivity contribution is 7.92. The summed E-state index contributed by atoms with van der Waals surface area (Å²) in [5.74, 6) is 0.00864. The number of carbonyl (C=O) groups is 1. The summed E-state index contributed by atoms with van der Waals surface area (Å²) >= 11 is 0. The fraction of sp³-hybridized carbons (Fsp3) is 0.240. The van der Waals surface area contributed by atoms with E-state index in [0.717, 1.165) is 5.56 Å². The predicted molar refractivity (Wildman–Crippen MR) is 128 cm³/mol. The molecule has 0 aromatic heterocycles. The van der Waals surface area contributed by atoms with Crippen molar-refractivity contribution in [2.45, 2.75) is 11.4 Å². The Labute approximate surface area is 198 Å². The zero-order chi connectivity index (χ0) is 24.1. The molecule has 178 valence electrons. The van der Waals surface area contributed by atoms with Crippen LogP contribution in [-0.4, -0.2) is 57.4 Å². The summed E-state index contributed by atoms with van der Waals surface area (Å²) in [6.07, 6.45) is 0. The van der Waals surface area contributed by atoms with Crippen molar-refractivity contribution in [1.82, 2.24) is 9.80 Å². The van der Waals surface area contributed by atoms with E-state index >= 15 is 0 Å². The summed E-state index contributed by atoms with van der Waals surface area (Å²) in [6, 6.07) is 19.2. The number of rotatable bonds is 7. The second kappa shape index (κ2) is 10.2. The van der Waals surface area contributed by atoms with Gasteiger partial charge in [0.2, 0.25) is 0 Å². The number of nitrogens with one attached hydrogen (secondary N) is 1. The van der Waals surface area contributed by atoms with Gasteiger partial charge in [0.15, 0.2) is 0 Å². The molecule has 7 nitrogen and oxygen atoms in total. The van der Waals surface area contributed by atoms with Gasteiger partial charge in [-0.1, -0.05) is 18.2 Å². The van der Waals surface area contributed by atoms with Crippen molar-refractivity contribution >= 4 is 21.6 Å². The van der Waals surface area contributed by atoms with E-state index in [4.69, 9.17) is 4.74 Å². The van der Waals surface area contributed by atoms with Crippen LogP contribution in [0.25, 0.3) is 0 Å². The number of carbonyl (C=O) groups excluding carboxylic acids is 1. The number of halogens is 1. The Morgan fingerprint density at radius 2 is 1.65 bits per heavy atom. The molecule has 1 saturated heterocycles. The van der Waals surface area contributed by atoms with Crippen molar-refractivity contribution in [3.63, 3.8) is 0 Å². The molecule has 1 aliphatic rings. The Morgan fingerprint density at radius 1 is 0.971 bits per heavy atom. The molecule has 1 amide bonds. The summed E-state index contributed by atoms with van der Waals surface area (Å²) in [5.41, 5.74) is 1.88. The fourth-order valence-corrected chi connectivity index (χ4v) is 4.88. The second-order valence-electron chi connectivity index (χ2n) is 8.06. The lowest BCUT2D eigenvalue weighted by Crippen LogP contribution is -2.48. The highest BCUT2D eigenvalue weighted by Gasteiger charge is 2.22. The number of amides is 1. The first-order valence-electron chi connectivity index (χ1n) is 10.9. The highest BCUT2D eigenvalue weighted by Crippen LogP contribution is 2.20. The number of anilines is 1. The molecule has 0 unspecified atom stereocenters. The van der Waals surface area contributed by atoms with Crippen LogP contribution in [0.15, 0.2) is 77.7 Å². The fourth-order valence-electron chi connectivity index (χ4n) is 3.82. The molecule has 1 aliphatic heterocycles. The van der Waals surface area contributed by atoms with Gasteiger partial charge in [-0.25, -0.2) is 12.8 Å². The second-order valence-corrected chi connectivity index (χ2v) is 9.74. The molecule has 1 heterocycles. The SMILES string of the molecule is COc1ccc(S(=O)(=O)Nc2ccc(CN3CCN(C(=O)c4cccc(F)c4)CC3)cc2)cc1. The summed E-state index contributed by atoms with van der Waals surface area (Å²) in [5, 5.41) is 0. The quantitative estimate of drug-likeness (QED) is 0.556. The van der Waals surface area contributed by atoms with Crippen LogP contribution in [-0.2, 0) is 16.6 Å². The molecule has 0 bridgehead atoms. The standard InChI is InChI=1S/C25H26FN3O4S/c1-33-23-9-11-24(12-10-23)34(31,32)27-22-7-5-19(6-8-22)18-28-13-15-29(16-14-28)25(30)20-3-2-4-21(26)17-20/h2-12,17,27H,13-16,18H2,1H3. The van der Waals surface area contributed by atoms with Gasteiger partial charge in [-0.2, -0.15) is 0 Å². The molecule has 9 heteroatoms. The Morgan fingerprint density at radius 3 is 2.26 bits per heavy atom. The zero-order valence-electron chi connectivity index (χ0n) is 18.8. The maximum atomic E-state index is 13.4. The third-order valence-electron chi connectivity index (χ3n) is 5.71. The number of piperazine rings is 1. The largest absolute Gasteiger partial charge is 0.497 e. The maximum Gasteiger partial charge on any atom is 0.261 e. The van der Waals surface area contributed by atoms with E-state index in [1.807, 2.05) is 12.1 Å². The first-order valence-corrected chi connectivity index (χ1v) is 12.4. The first-order chi connectivity index (χ1) is 16.3. The summed E-state index contributed by atoms with van der Waals surface area (Å²) in [6.45, 7) is 3.22. The minimum absolute atomic E-state index is 0.156. The Hall–Kier alpha value is -3.43. The predicted octanol–water partition coefficient (Wildman–Crippen LogP) is 3.59. The monoisotopic (exact) mass is 483 g/mol. The van der Waals surface area contributed by atoms with Crippen molar-refractivity contribution in [2.24, 2.45) is 0 Å². The number of hydrogen-bond donors (Lipinski definition) is 1. The van der Waals surface area contributed by atoms with Crippen LogP contribution in [0.3, 0.4) is 0 Å². The van der Waals surface area contributed by atoms with E-state index in [2.05, 4.69) is 9.62 Å². The van der Waals surface area contributed by atoms with Gasteiger partial charge in [0.05, 0.1) is 12.0 Å². The molecule has 4 rings (SSSR count). The molecular formula is C25H26FN3O4S. The minimum Gasteiger partial charge on any atom is -0.497 e. The number of benzene rings is 3. The summed E-state index contributed by atoms with van der Waals surface area (Å²) in [4.78, 5) is 16.7. The van der Waals surface area contributed by atoms with Gasteiger partial charge in [-0.3, -0.25) is 14.4 Å². The lowest BCUT2D eigenvalue weighted by atomic mass is 10.1. The molecule has 34 heavy (non-hydrogen) atoms. The molecule has 0 atom stereocenters. The van der Waals surface area contributed by atoms with Crippen LogP contribution in [0.1, 0.15) is 15.9 Å². The van der Waals surface area contributed by atoms with Crippen LogP contribution in [0.4, 0.5) is 10.1 Å². The van der Waals surface area contributed by atoms with Gasteiger partial charge in [-0.05, 0) is 60.2 Å². The maximum absolute atomic E-state index is 13.4. The van der Waals surface area contributed by atoms with E-state index in [-0.39, 0.29) is 10.8 Å². The molecule has 0 saturated carbocycles. The summed E-state index contributed by atoms with van der Waals surface area (Å²) in [7, 11) is -2.17. The molecule has 0 radical (unpaired) electrons. The molecule has 0 aliphatic carbocycles. The van der Waals surface area contributed by atoms with E-state index in [9.17, 15) is 17.6 Å². The number of sulfonamides is 1. The van der Waals surface area contributed by atoms with Crippen molar-refractivity contribution < 1.29 is 22.3 Å². The van der Waals surface area contributed by atoms with Gasteiger partial charge in [0, 0.05) is 44.0 Å². The van der Waals surface area contributed by atoms with Crippen molar-refractivity contribution in [3.8, 4) is 5.75 Å². The first kappa shape index (κ1) is 23.7. The average Bonchev–Trinajstić information content (AvgIpc) is 2.85. The van der Waals surface area contributed by atoms with Crippen LogP contribution in [0, 0.1) is 5.82 Å². The van der Waals surface area contributed by atoms with Gasteiger partial charge in [-0.15, -0.1) is 0 Å². The molecule has 1 fully saturated rings. The van der Waals surface area contributed by atoms with Gasteiger partial charge in [0.25, 0.3) is 15.9 Å². The van der Waals surface area contributed by atoms with Gasteiger partial charge >= 0.3 is 0 Å². The van der Waals surface area contributed by atoms with E-state index < -0.39 is 15.8 Å². The topological polar surface area (TPSA) is 79.0 Å². The lowest BCUT2D eigenvalue weighted by molar-refractivity contribution is 0.0628. The number of nitrogens with zero attached hydrogens (tertiary/aromatic N) is 2. The third kappa shape index (κ3) is 5.73. The van der Waals surface area contributed by atoms with Crippen LogP contribution in [0.2, 0.25) is 0 Å². The molecule has 3 aromatic rings. The number of ether oxygens (including phenoxy) is 1. The van der Waals surface area contributed by atoms with Crippen LogP contribution < -0.4 is 9.46 Å². The molecular weight excluding hydrogens is 457 g/mol. The zero-order valence-corrected chi connectivity index (χ0v) is 19.6. The van der Waals surface area contributed by atoms with Crippen molar-refractivity contribution in [2.75, 3.05) is 38.0 Å². The normalized spacial score (nSPS) is 14.6. The average molecular weight is 484 g/mol. The molecule has 0 spiro atoms.